The molecule has 0 radical (unpaired) electrons. The second kappa shape index (κ2) is 14.9. The van der Waals surface area contributed by atoms with Gasteiger partial charge in [0.25, 0.3) is 23.8 Å². The third kappa shape index (κ3) is 6.63. The van der Waals surface area contributed by atoms with Crippen LogP contribution in [0.5, 0.6) is 0 Å². The minimum Gasteiger partial charge on any atom is -0.424 e. The number of hydrogen-bond donors (Lipinski definition) is 4. The summed E-state index contributed by atoms with van der Waals surface area (Å²) in [5.74, 6) is -0.0901. The first-order valence-corrected chi connectivity index (χ1v) is 22.0. The molecule has 6 aromatic heterocycles. The van der Waals surface area contributed by atoms with Crippen molar-refractivity contribution in [1.29, 1.82) is 0 Å². The van der Waals surface area contributed by atoms with Crippen molar-refractivity contribution in [2.45, 2.75) is 44.1 Å². The lowest BCUT2D eigenvalue weighted by Crippen LogP contribution is -2.65. The SMILES string of the molecule is C[C@@H]1CN(C2CN(C(=O)c3cnc4c(C5CN(C6CN(C(=O)c7cnc8ccc(-c9ccc%10oc(N)nc%10c9)cn78)C6)C[C@H](C)N5)cc(-c5ccc6oc(N)nc6c5)cn34)C2)CCN1. The van der Waals surface area contributed by atoms with Crippen LogP contribution in [0.2, 0.25) is 0 Å². The van der Waals surface area contributed by atoms with Crippen molar-refractivity contribution in [1.82, 2.24) is 59.0 Å². The maximum atomic E-state index is 14.2. The van der Waals surface area contributed by atoms with Gasteiger partial charge in [-0.2, -0.15) is 9.97 Å². The maximum Gasteiger partial charge on any atom is 0.292 e. The Balaban J connectivity index is 0.801. The van der Waals surface area contributed by atoms with Crippen LogP contribution in [0.1, 0.15) is 46.4 Å². The number of nitrogens with one attached hydrogen (secondary N) is 2. The zero-order chi connectivity index (χ0) is 43.4. The third-order valence-electron chi connectivity index (χ3n) is 13.6. The van der Waals surface area contributed by atoms with E-state index in [1.807, 2.05) is 79.5 Å². The summed E-state index contributed by atoms with van der Waals surface area (Å²) in [6, 6.07) is 18.9. The van der Waals surface area contributed by atoms with Crippen LogP contribution in [0.3, 0.4) is 0 Å². The Bertz CT molecular complexity index is 3140. The summed E-state index contributed by atoms with van der Waals surface area (Å²) < 4.78 is 14.9. The molecule has 4 aliphatic rings. The molecule has 2 aromatic carbocycles. The summed E-state index contributed by atoms with van der Waals surface area (Å²) in [6.07, 6.45) is 7.33. The molecule has 2 amide bonds. The highest BCUT2D eigenvalue weighted by Gasteiger charge is 2.41. The van der Waals surface area contributed by atoms with Crippen molar-refractivity contribution >= 4 is 57.3 Å². The highest BCUT2D eigenvalue weighted by molar-refractivity contribution is 5.95. The fraction of sp³-hybridized carbons (Fsp3) is 0.348. The number of piperazine rings is 2. The number of rotatable bonds is 7. The number of carbonyl (C=O) groups excluding carboxylic acids is 2. The molecule has 18 heteroatoms. The number of likely N-dealkylation sites (tertiary alicyclic amines) is 2. The molecule has 6 N–H and O–H groups in total. The van der Waals surface area contributed by atoms with E-state index in [2.05, 4.69) is 55.3 Å². The number of aromatic nitrogens is 6. The summed E-state index contributed by atoms with van der Waals surface area (Å²) in [5.41, 5.74) is 21.4. The van der Waals surface area contributed by atoms with Crippen molar-refractivity contribution < 1.29 is 18.4 Å². The number of oxazole rings is 2. The molecule has 0 spiro atoms. The van der Waals surface area contributed by atoms with Crippen LogP contribution in [0.25, 0.3) is 55.7 Å². The summed E-state index contributed by atoms with van der Waals surface area (Å²) in [7, 11) is 0. The highest BCUT2D eigenvalue weighted by atomic mass is 16.4. The first kappa shape index (κ1) is 38.8. The standard InChI is InChI=1S/C46H48N14O4/c1-25-16-55(10-9-49-25)31-20-57(21-31)44(62)38-15-51-42-33(11-30(19-60(38)42)28-4-7-40-35(13-28)54-46(48)64-40)36-24-56(17-26(2)52-36)32-22-58(23-32)43(61)37-14-50-41-8-5-29(18-59(37)41)27-3-6-39-34(12-27)53-45(47)63-39/h3-8,11-15,18-19,25-26,31-32,36,49,52H,9-10,16-17,20-24H2,1-2H3,(H2,47,53)(H2,48,54)/t25-,26+,36?/m1/s1. The van der Waals surface area contributed by atoms with Crippen LogP contribution >= 0.6 is 0 Å². The summed E-state index contributed by atoms with van der Waals surface area (Å²) in [5, 5.41) is 7.37. The van der Waals surface area contributed by atoms with Crippen molar-refractivity contribution in [3.63, 3.8) is 0 Å². The van der Waals surface area contributed by atoms with Gasteiger partial charge in [0.05, 0.1) is 12.4 Å². The van der Waals surface area contributed by atoms with E-state index < -0.39 is 0 Å². The number of amides is 2. The van der Waals surface area contributed by atoms with Crippen LogP contribution < -0.4 is 22.1 Å². The van der Waals surface area contributed by atoms with E-state index in [-0.39, 0.29) is 42.0 Å². The number of carbonyl (C=O) groups is 2. The van der Waals surface area contributed by atoms with Gasteiger partial charge in [-0.25, -0.2) is 9.97 Å². The Labute approximate surface area is 366 Å². The summed E-state index contributed by atoms with van der Waals surface area (Å²) in [6.45, 7) is 11.4. The molecule has 0 saturated carbocycles. The van der Waals surface area contributed by atoms with Gasteiger partial charge in [-0.15, -0.1) is 0 Å². The molecule has 3 atom stereocenters. The van der Waals surface area contributed by atoms with E-state index in [9.17, 15) is 9.59 Å². The second-order valence-corrected chi connectivity index (χ2v) is 17.9. The Morgan fingerprint density at radius 1 is 0.656 bits per heavy atom. The molecule has 10 heterocycles. The molecule has 4 fully saturated rings. The van der Waals surface area contributed by atoms with E-state index in [4.69, 9.17) is 25.3 Å². The van der Waals surface area contributed by atoms with Crippen LogP contribution in [0.15, 0.2) is 88.2 Å². The minimum absolute atomic E-state index is 0.0264. The number of imidazole rings is 2. The molecule has 8 aromatic rings. The Kier molecular flexibility index (Phi) is 9.01. The fourth-order valence-corrected chi connectivity index (χ4v) is 10.2. The van der Waals surface area contributed by atoms with E-state index >= 15 is 0 Å². The molecule has 4 saturated heterocycles. The quantitative estimate of drug-likeness (QED) is 0.180. The molecule has 18 nitrogen and oxygen atoms in total. The Hall–Kier alpha value is -6.86. The maximum absolute atomic E-state index is 14.2. The molecular formula is C46H48N14O4. The van der Waals surface area contributed by atoms with Gasteiger partial charge in [0.1, 0.15) is 33.7 Å². The zero-order valence-electron chi connectivity index (χ0n) is 35.5. The fourth-order valence-electron chi connectivity index (χ4n) is 10.2. The van der Waals surface area contributed by atoms with Gasteiger partial charge in [-0.05, 0) is 78.6 Å². The van der Waals surface area contributed by atoms with E-state index in [0.29, 0.717) is 84.0 Å². The number of nitrogen functional groups attached to an aromatic ring is 2. The average Bonchev–Trinajstić information content (AvgIpc) is 4.05. The Morgan fingerprint density at radius 2 is 1.25 bits per heavy atom. The molecule has 326 valence electrons. The van der Waals surface area contributed by atoms with Crippen LogP contribution in [0.4, 0.5) is 12.0 Å². The second-order valence-electron chi connectivity index (χ2n) is 17.9. The number of pyridine rings is 2. The zero-order valence-corrected chi connectivity index (χ0v) is 35.5. The topological polar surface area (TPSA) is 210 Å². The first-order valence-electron chi connectivity index (χ1n) is 22.0. The predicted octanol–water partition coefficient (Wildman–Crippen LogP) is 3.74. The van der Waals surface area contributed by atoms with Gasteiger partial charge in [-0.3, -0.25) is 28.2 Å². The van der Waals surface area contributed by atoms with Gasteiger partial charge < -0.3 is 40.7 Å². The smallest absolute Gasteiger partial charge is 0.292 e. The monoisotopic (exact) mass is 860 g/mol. The molecule has 0 bridgehead atoms. The Morgan fingerprint density at radius 3 is 1.94 bits per heavy atom. The first-order chi connectivity index (χ1) is 31.1. The summed E-state index contributed by atoms with van der Waals surface area (Å²) >= 11 is 0. The van der Waals surface area contributed by atoms with Crippen molar-refractivity contribution in [3.8, 4) is 22.3 Å². The lowest BCUT2D eigenvalue weighted by molar-refractivity contribution is 0.00992. The number of benzene rings is 2. The van der Waals surface area contributed by atoms with Gasteiger partial charge in [0.15, 0.2) is 11.2 Å². The molecule has 0 aliphatic carbocycles. The largest absolute Gasteiger partial charge is 0.424 e. The lowest BCUT2D eigenvalue weighted by atomic mass is 9.96. The number of nitrogens with zero attached hydrogens (tertiary/aromatic N) is 10. The van der Waals surface area contributed by atoms with E-state index in [1.54, 1.807) is 12.4 Å². The average molecular weight is 861 g/mol. The van der Waals surface area contributed by atoms with Crippen LogP contribution in [-0.2, 0) is 0 Å². The van der Waals surface area contributed by atoms with E-state index in [0.717, 1.165) is 59.6 Å². The van der Waals surface area contributed by atoms with Crippen molar-refractivity contribution in [2.24, 2.45) is 0 Å². The van der Waals surface area contributed by atoms with Crippen molar-refractivity contribution in [2.75, 3.05) is 70.4 Å². The number of fused-ring (bicyclic) bond motifs is 4. The molecule has 64 heavy (non-hydrogen) atoms. The number of nitrogens with two attached hydrogens (primary N) is 2. The number of hydrogen-bond acceptors (Lipinski definition) is 14. The molecule has 12 rings (SSSR count). The van der Waals surface area contributed by atoms with Gasteiger partial charge >= 0.3 is 0 Å². The normalized spacial score (nSPS) is 21.6. The van der Waals surface area contributed by atoms with Crippen LogP contribution in [-0.4, -0.2) is 143 Å². The number of anilines is 2. The van der Waals surface area contributed by atoms with Gasteiger partial charge in [0.2, 0.25) is 0 Å². The van der Waals surface area contributed by atoms with Crippen LogP contribution in [0, 0.1) is 0 Å². The molecule has 1 unspecified atom stereocenters. The minimum atomic E-state index is -0.110. The van der Waals surface area contributed by atoms with E-state index in [1.165, 1.54) is 0 Å². The third-order valence-corrected chi connectivity index (χ3v) is 13.6. The van der Waals surface area contributed by atoms with Gasteiger partial charge in [-0.1, -0.05) is 12.1 Å². The van der Waals surface area contributed by atoms with Crippen molar-refractivity contribution in [3.05, 3.63) is 96.3 Å². The predicted molar refractivity (Wildman–Crippen MR) is 241 cm³/mol. The van der Waals surface area contributed by atoms with Gasteiger partial charge in [0, 0.05) is 107 Å². The summed E-state index contributed by atoms with van der Waals surface area (Å²) in [4.78, 5) is 55.3. The molecule has 4 aliphatic heterocycles. The molecular weight excluding hydrogens is 813 g/mol. The lowest BCUT2D eigenvalue weighted by Gasteiger charge is -2.49. The highest BCUT2D eigenvalue weighted by Crippen LogP contribution is 2.34.